The van der Waals surface area contributed by atoms with Gasteiger partial charge in [0.15, 0.2) is 0 Å². The largest absolute Gasteiger partial charge is 0.466 e. The van der Waals surface area contributed by atoms with Crippen LogP contribution in [0.5, 0.6) is 0 Å². The van der Waals surface area contributed by atoms with Gasteiger partial charge in [-0.2, -0.15) is 0 Å². The number of carbonyl (C=O) groups is 1. The molecule has 0 aliphatic carbocycles. The average molecular weight is 330 g/mol. The zero-order valence-electron chi connectivity index (χ0n) is 15.4. The first-order valence-corrected chi connectivity index (χ1v) is 9.64. The predicted molar refractivity (Wildman–Crippen MR) is 96.5 cm³/mol. The molecule has 2 N–H and O–H groups in total. The van der Waals surface area contributed by atoms with E-state index < -0.39 is 0 Å². The Balaban J connectivity index is 3.15. The van der Waals surface area contributed by atoms with Crippen LogP contribution in [0.4, 0.5) is 0 Å². The zero-order chi connectivity index (χ0) is 17.2. The highest BCUT2D eigenvalue weighted by Crippen LogP contribution is 2.11. The molecule has 0 radical (unpaired) electrons. The second-order valence-corrected chi connectivity index (χ2v) is 6.81. The quantitative estimate of drug-likeness (QED) is 0.312. The Hall–Kier alpha value is -0.610. The van der Waals surface area contributed by atoms with Crippen LogP contribution in [0.25, 0.3) is 0 Å². The number of nitrogens with one attached hydrogen (secondary N) is 1. The van der Waals surface area contributed by atoms with Crippen LogP contribution in [0.1, 0.15) is 84.5 Å². The Morgan fingerprint density at radius 1 is 0.913 bits per heavy atom. The molecule has 4 nitrogen and oxygen atoms in total. The molecule has 0 rings (SSSR count). The number of esters is 1. The number of hydrogen-bond acceptors (Lipinski definition) is 4. The number of carbonyl (C=O) groups excluding carboxylic acids is 1. The number of rotatable bonds is 17. The summed E-state index contributed by atoms with van der Waals surface area (Å²) in [7, 11) is 0. The highest BCUT2D eigenvalue weighted by atomic mass is 16.5. The van der Waals surface area contributed by atoms with Gasteiger partial charge in [0.25, 0.3) is 0 Å². The topological polar surface area (TPSA) is 58.6 Å². The molecule has 23 heavy (non-hydrogen) atoms. The predicted octanol–water partition coefficient (Wildman–Crippen LogP) is 4.06. The molecule has 0 amide bonds. The molecular formula is C19H39NO3. The lowest BCUT2D eigenvalue weighted by Gasteiger charge is -2.06. The van der Waals surface area contributed by atoms with E-state index in [2.05, 4.69) is 19.2 Å². The van der Waals surface area contributed by atoms with Crippen molar-refractivity contribution in [2.45, 2.75) is 84.5 Å². The minimum absolute atomic E-state index is 0.0507. The normalized spacial score (nSPS) is 11.1. The molecule has 0 aliphatic rings. The van der Waals surface area contributed by atoms with Gasteiger partial charge in [0.2, 0.25) is 0 Å². The van der Waals surface area contributed by atoms with Crippen LogP contribution in [0.2, 0.25) is 0 Å². The highest BCUT2D eigenvalue weighted by Gasteiger charge is 2.02. The first-order valence-electron chi connectivity index (χ1n) is 9.64. The molecule has 0 heterocycles. The standard InChI is InChI=1S/C19H39NO3/c1-18(2)12-8-5-3-4-6-11-17-23-19(22)13-9-7-10-14-20-15-16-21/h18,20-21H,3-17H2,1-2H3. The molecule has 0 spiro atoms. The van der Waals surface area contributed by atoms with E-state index >= 15 is 0 Å². The Morgan fingerprint density at radius 2 is 1.57 bits per heavy atom. The molecule has 0 unspecified atom stereocenters. The molecule has 0 fully saturated rings. The zero-order valence-corrected chi connectivity index (χ0v) is 15.4. The molecule has 0 atom stereocenters. The van der Waals surface area contributed by atoms with Crippen molar-refractivity contribution in [2.24, 2.45) is 5.92 Å². The van der Waals surface area contributed by atoms with Crippen LogP contribution in [0.3, 0.4) is 0 Å². The van der Waals surface area contributed by atoms with Gasteiger partial charge in [0.05, 0.1) is 13.2 Å². The second kappa shape index (κ2) is 17.7. The molecule has 0 saturated carbocycles. The molecule has 0 saturated heterocycles. The summed E-state index contributed by atoms with van der Waals surface area (Å²) in [5, 5.41) is 11.7. The summed E-state index contributed by atoms with van der Waals surface area (Å²) in [6, 6.07) is 0. The third kappa shape index (κ3) is 19.3. The Kier molecular flexibility index (Phi) is 17.3. The van der Waals surface area contributed by atoms with Gasteiger partial charge in [0.1, 0.15) is 0 Å². The number of aliphatic hydroxyl groups is 1. The van der Waals surface area contributed by atoms with Gasteiger partial charge in [0, 0.05) is 13.0 Å². The summed E-state index contributed by atoms with van der Waals surface area (Å²) in [6.07, 6.45) is 12.3. The van der Waals surface area contributed by atoms with Gasteiger partial charge in [-0.15, -0.1) is 0 Å². The summed E-state index contributed by atoms with van der Waals surface area (Å²) in [5.74, 6) is 0.775. The number of hydrogen-bond donors (Lipinski definition) is 2. The van der Waals surface area contributed by atoms with Crippen molar-refractivity contribution in [3.8, 4) is 0 Å². The minimum Gasteiger partial charge on any atom is -0.466 e. The van der Waals surface area contributed by atoms with E-state index in [1.807, 2.05) is 0 Å². The van der Waals surface area contributed by atoms with E-state index in [-0.39, 0.29) is 12.6 Å². The van der Waals surface area contributed by atoms with Crippen molar-refractivity contribution >= 4 is 5.97 Å². The maximum absolute atomic E-state index is 11.5. The monoisotopic (exact) mass is 329 g/mol. The average Bonchev–Trinajstić information content (AvgIpc) is 2.52. The van der Waals surface area contributed by atoms with Crippen molar-refractivity contribution in [3.63, 3.8) is 0 Å². The third-order valence-corrected chi connectivity index (χ3v) is 3.96. The lowest BCUT2D eigenvalue weighted by atomic mass is 10.0. The third-order valence-electron chi connectivity index (χ3n) is 3.96. The molecule has 4 heteroatoms. The lowest BCUT2D eigenvalue weighted by Crippen LogP contribution is -2.19. The van der Waals surface area contributed by atoms with Crippen molar-refractivity contribution < 1.29 is 14.6 Å². The lowest BCUT2D eigenvalue weighted by molar-refractivity contribution is -0.143. The number of unbranched alkanes of at least 4 members (excludes halogenated alkanes) is 7. The van der Waals surface area contributed by atoms with Crippen molar-refractivity contribution in [2.75, 3.05) is 26.3 Å². The van der Waals surface area contributed by atoms with Gasteiger partial charge in [-0.1, -0.05) is 58.8 Å². The van der Waals surface area contributed by atoms with E-state index in [9.17, 15) is 4.79 Å². The fraction of sp³-hybridized carbons (Fsp3) is 0.947. The molecule has 138 valence electrons. The Morgan fingerprint density at radius 3 is 2.26 bits per heavy atom. The Labute approximate surface area is 143 Å². The van der Waals surface area contributed by atoms with Gasteiger partial charge in [-0.3, -0.25) is 4.79 Å². The molecular weight excluding hydrogens is 290 g/mol. The van der Waals surface area contributed by atoms with E-state index in [1.54, 1.807) is 0 Å². The number of ether oxygens (including phenoxy) is 1. The summed E-state index contributed by atoms with van der Waals surface area (Å²) in [4.78, 5) is 11.5. The maximum Gasteiger partial charge on any atom is 0.305 e. The molecule has 0 aromatic carbocycles. The van der Waals surface area contributed by atoms with E-state index in [1.165, 1.54) is 38.5 Å². The number of aliphatic hydroxyl groups excluding tert-OH is 1. The molecule has 0 aliphatic heterocycles. The van der Waals surface area contributed by atoms with Gasteiger partial charge in [-0.05, 0) is 31.7 Å². The fourth-order valence-electron chi connectivity index (χ4n) is 2.52. The highest BCUT2D eigenvalue weighted by molar-refractivity contribution is 5.69. The van der Waals surface area contributed by atoms with Gasteiger partial charge >= 0.3 is 5.97 Å². The molecule has 0 bridgehead atoms. The second-order valence-electron chi connectivity index (χ2n) is 6.81. The van der Waals surface area contributed by atoms with Crippen LogP contribution in [0.15, 0.2) is 0 Å². The fourth-order valence-corrected chi connectivity index (χ4v) is 2.52. The van der Waals surface area contributed by atoms with E-state index in [4.69, 9.17) is 9.84 Å². The Bertz CT molecular complexity index is 257. The summed E-state index contributed by atoms with van der Waals surface area (Å²) in [5.41, 5.74) is 0. The van der Waals surface area contributed by atoms with E-state index in [0.717, 1.165) is 38.1 Å². The summed E-state index contributed by atoms with van der Waals surface area (Å²) >= 11 is 0. The van der Waals surface area contributed by atoms with Crippen molar-refractivity contribution in [1.82, 2.24) is 5.32 Å². The summed E-state index contributed by atoms with van der Waals surface area (Å²) < 4.78 is 5.26. The SMILES string of the molecule is CC(C)CCCCCCCCOC(=O)CCCCCNCCO. The van der Waals surface area contributed by atoms with Crippen molar-refractivity contribution in [3.05, 3.63) is 0 Å². The van der Waals surface area contributed by atoms with E-state index in [0.29, 0.717) is 19.6 Å². The summed E-state index contributed by atoms with van der Waals surface area (Å²) in [6.45, 7) is 6.89. The van der Waals surface area contributed by atoms with Gasteiger partial charge in [-0.25, -0.2) is 0 Å². The first-order chi connectivity index (χ1) is 11.2. The van der Waals surface area contributed by atoms with Crippen LogP contribution >= 0.6 is 0 Å². The van der Waals surface area contributed by atoms with Gasteiger partial charge < -0.3 is 15.2 Å². The van der Waals surface area contributed by atoms with Crippen LogP contribution in [-0.2, 0) is 9.53 Å². The smallest absolute Gasteiger partial charge is 0.305 e. The van der Waals surface area contributed by atoms with Crippen LogP contribution in [-0.4, -0.2) is 37.4 Å². The van der Waals surface area contributed by atoms with Crippen molar-refractivity contribution in [1.29, 1.82) is 0 Å². The molecule has 0 aromatic rings. The minimum atomic E-state index is -0.0507. The van der Waals surface area contributed by atoms with Crippen LogP contribution < -0.4 is 5.32 Å². The van der Waals surface area contributed by atoms with Crippen LogP contribution in [0, 0.1) is 5.92 Å². The molecule has 0 aromatic heterocycles. The first kappa shape index (κ1) is 22.4. The maximum atomic E-state index is 11.5.